The number of rotatable bonds is 9. The van der Waals surface area contributed by atoms with Crippen molar-refractivity contribution in [1.82, 2.24) is 5.32 Å². The van der Waals surface area contributed by atoms with E-state index in [1.165, 1.54) is 23.9 Å². The maximum atomic E-state index is 11.8. The highest BCUT2D eigenvalue weighted by Crippen LogP contribution is 2.21. The summed E-state index contributed by atoms with van der Waals surface area (Å²) in [5.74, 6) is 1.49. The first-order valence-corrected chi connectivity index (χ1v) is 8.48. The summed E-state index contributed by atoms with van der Waals surface area (Å²) >= 11 is 1.32. The van der Waals surface area contributed by atoms with Gasteiger partial charge >= 0.3 is 0 Å². The highest BCUT2D eigenvalue weighted by molar-refractivity contribution is 8.00. The van der Waals surface area contributed by atoms with Crippen LogP contribution in [0, 0.1) is 10.1 Å². The third kappa shape index (κ3) is 6.34. The van der Waals surface area contributed by atoms with Crippen LogP contribution < -0.4 is 14.8 Å². The zero-order chi connectivity index (χ0) is 18.1. The normalized spacial score (nSPS) is 10.1. The van der Waals surface area contributed by atoms with Crippen molar-refractivity contribution in [1.29, 1.82) is 0 Å². The van der Waals surface area contributed by atoms with E-state index in [1.54, 1.807) is 25.3 Å². The standard InChI is InChI=1S/C17H18N2O5S/c1-23-14-3-2-4-15(11-14)24-10-9-18-17(20)12-25-16-7-5-13(6-8-16)19(21)22/h2-8,11H,9-10,12H2,1H3,(H,18,20). The highest BCUT2D eigenvalue weighted by Gasteiger charge is 2.06. The van der Waals surface area contributed by atoms with Gasteiger partial charge in [-0.05, 0) is 24.3 Å². The van der Waals surface area contributed by atoms with Crippen LogP contribution in [0.25, 0.3) is 0 Å². The highest BCUT2D eigenvalue weighted by atomic mass is 32.2. The minimum Gasteiger partial charge on any atom is -0.497 e. The summed E-state index contributed by atoms with van der Waals surface area (Å²) in [7, 11) is 1.59. The van der Waals surface area contributed by atoms with Crippen molar-refractivity contribution in [2.45, 2.75) is 4.90 Å². The minimum absolute atomic E-state index is 0.0310. The van der Waals surface area contributed by atoms with Gasteiger partial charge in [0.25, 0.3) is 5.69 Å². The van der Waals surface area contributed by atoms with Crippen molar-refractivity contribution in [2.24, 2.45) is 0 Å². The van der Waals surface area contributed by atoms with Crippen LogP contribution in [0.1, 0.15) is 0 Å². The lowest BCUT2D eigenvalue weighted by Gasteiger charge is -2.09. The van der Waals surface area contributed by atoms with Crippen molar-refractivity contribution in [3.63, 3.8) is 0 Å². The number of carbonyl (C=O) groups is 1. The summed E-state index contributed by atoms with van der Waals surface area (Å²) in [4.78, 5) is 22.7. The van der Waals surface area contributed by atoms with Gasteiger partial charge in [0.15, 0.2) is 0 Å². The number of non-ortho nitro benzene ring substituents is 1. The molecule has 2 aromatic carbocycles. The predicted molar refractivity (Wildman–Crippen MR) is 95.3 cm³/mol. The van der Waals surface area contributed by atoms with Crippen LogP contribution in [-0.2, 0) is 4.79 Å². The summed E-state index contributed by atoms with van der Waals surface area (Å²) in [6.45, 7) is 0.734. The lowest BCUT2D eigenvalue weighted by molar-refractivity contribution is -0.384. The molecule has 0 spiro atoms. The van der Waals surface area contributed by atoms with Gasteiger partial charge in [0.2, 0.25) is 5.91 Å². The zero-order valence-electron chi connectivity index (χ0n) is 13.6. The molecule has 0 atom stereocenters. The van der Waals surface area contributed by atoms with Crippen LogP contribution in [0.4, 0.5) is 5.69 Å². The Hall–Kier alpha value is -2.74. The van der Waals surface area contributed by atoms with Crippen LogP contribution >= 0.6 is 11.8 Å². The van der Waals surface area contributed by atoms with Gasteiger partial charge in [0.1, 0.15) is 18.1 Å². The van der Waals surface area contributed by atoms with E-state index in [2.05, 4.69) is 5.32 Å². The van der Waals surface area contributed by atoms with E-state index < -0.39 is 4.92 Å². The maximum absolute atomic E-state index is 11.8. The van der Waals surface area contributed by atoms with Crippen molar-refractivity contribution in [2.75, 3.05) is 26.0 Å². The number of nitrogens with zero attached hydrogens (tertiary/aromatic N) is 1. The van der Waals surface area contributed by atoms with Crippen molar-refractivity contribution < 1.29 is 19.2 Å². The SMILES string of the molecule is COc1cccc(OCCNC(=O)CSc2ccc([N+](=O)[O-])cc2)c1. The molecule has 0 bridgehead atoms. The molecule has 1 amide bonds. The van der Waals surface area contributed by atoms with E-state index in [9.17, 15) is 14.9 Å². The third-order valence-corrected chi connectivity index (χ3v) is 4.16. The molecular formula is C17H18N2O5S. The maximum Gasteiger partial charge on any atom is 0.269 e. The summed E-state index contributed by atoms with van der Waals surface area (Å²) in [6.07, 6.45) is 0. The molecule has 2 aromatic rings. The number of nitro groups is 1. The number of nitro benzene ring substituents is 1. The Balaban J connectivity index is 1.66. The second-order valence-corrected chi connectivity index (χ2v) is 5.97. The lowest BCUT2D eigenvalue weighted by atomic mass is 10.3. The van der Waals surface area contributed by atoms with Gasteiger partial charge in [-0.25, -0.2) is 0 Å². The molecule has 0 fully saturated rings. The second kappa shape index (κ2) is 9.53. The molecule has 0 aliphatic heterocycles. The van der Waals surface area contributed by atoms with Gasteiger partial charge in [-0.3, -0.25) is 14.9 Å². The van der Waals surface area contributed by atoms with E-state index in [0.29, 0.717) is 24.7 Å². The smallest absolute Gasteiger partial charge is 0.269 e. The number of benzene rings is 2. The first-order chi connectivity index (χ1) is 12.1. The average molecular weight is 362 g/mol. The van der Waals surface area contributed by atoms with Crippen molar-refractivity contribution in [3.8, 4) is 11.5 Å². The Bertz CT molecular complexity index is 721. The van der Waals surface area contributed by atoms with Crippen molar-refractivity contribution >= 4 is 23.4 Å². The fourth-order valence-corrected chi connectivity index (χ4v) is 2.64. The van der Waals surface area contributed by atoms with Gasteiger partial charge in [0.05, 0.1) is 24.3 Å². The molecule has 25 heavy (non-hydrogen) atoms. The van der Waals surface area contributed by atoms with Gasteiger partial charge in [-0.1, -0.05) is 6.07 Å². The largest absolute Gasteiger partial charge is 0.497 e. The number of nitrogens with one attached hydrogen (secondary N) is 1. The first kappa shape index (κ1) is 18.6. The Morgan fingerprint density at radius 2 is 1.92 bits per heavy atom. The van der Waals surface area contributed by atoms with E-state index in [-0.39, 0.29) is 17.3 Å². The van der Waals surface area contributed by atoms with Crippen LogP contribution in [0.2, 0.25) is 0 Å². The molecule has 7 nitrogen and oxygen atoms in total. The second-order valence-electron chi connectivity index (χ2n) is 4.92. The molecule has 2 rings (SSSR count). The number of ether oxygens (including phenoxy) is 2. The van der Waals surface area contributed by atoms with Gasteiger partial charge in [0, 0.05) is 23.1 Å². The zero-order valence-corrected chi connectivity index (χ0v) is 14.5. The average Bonchev–Trinajstić information content (AvgIpc) is 2.64. The molecular weight excluding hydrogens is 344 g/mol. The first-order valence-electron chi connectivity index (χ1n) is 7.49. The number of amides is 1. The van der Waals surface area contributed by atoms with E-state index in [4.69, 9.17) is 9.47 Å². The molecule has 0 unspecified atom stereocenters. The Labute approximate surface area is 149 Å². The van der Waals surface area contributed by atoms with Crippen molar-refractivity contribution in [3.05, 3.63) is 58.6 Å². The molecule has 0 radical (unpaired) electrons. The molecule has 0 aromatic heterocycles. The van der Waals surface area contributed by atoms with Crippen LogP contribution in [-0.4, -0.2) is 36.8 Å². The van der Waals surface area contributed by atoms with E-state index >= 15 is 0 Å². The van der Waals surface area contributed by atoms with E-state index in [1.807, 2.05) is 18.2 Å². The predicted octanol–water partition coefficient (Wildman–Crippen LogP) is 2.89. The molecule has 1 N–H and O–H groups in total. The molecule has 132 valence electrons. The number of hydrogen-bond acceptors (Lipinski definition) is 6. The monoisotopic (exact) mass is 362 g/mol. The summed E-state index contributed by atoms with van der Waals surface area (Å²) in [5, 5.41) is 13.3. The number of carbonyl (C=O) groups excluding carboxylic acids is 1. The summed E-state index contributed by atoms with van der Waals surface area (Å²) in [5.41, 5.74) is 0.0310. The van der Waals surface area contributed by atoms with Gasteiger partial charge in [-0.2, -0.15) is 0 Å². The third-order valence-electron chi connectivity index (χ3n) is 3.15. The lowest BCUT2D eigenvalue weighted by Crippen LogP contribution is -2.29. The molecule has 0 aliphatic carbocycles. The molecule has 8 heteroatoms. The summed E-state index contributed by atoms with van der Waals surface area (Å²) < 4.78 is 10.6. The molecule has 0 saturated carbocycles. The quantitative estimate of drug-likeness (QED) is 0.319. The summed E-state index contributed by atoms with van der Waals surface area (Å²) in [6, 6.07) is 13.3. The van der Waals surface area contributed by atoms with Gasteiger partial charge in [-0.15, -0.1) is 11.8 Å². The van der Waals surface area contributed by atoms with Crippen LogP contribution in [0.15, 0.2) is 53.4 Å². The number of thioether (sulfide) groups is 1. The topological polar surface area (TPSA) is 90.7 Å². The Kier molecular flexibility index (Phi) is 7.09. The Morgan fingerprint density at radius 3 is 2.60 bits per heavy atom. The van der Waals surface area contributed by atoms with Crippen LogP contribution in [0.5, 0.6) is 11.5 Å². The molecule has 0 aliphatic rings. The number of hydrogen-bond donors (Lipinski definition) is 1. The Morgan fingerprint density at radius 1 is 1.20 bits per heavy atom. The number of methoxy groups -OCH3 is 1. The van der Waals surface area contributed by atoms with Crippen LogP contribution in [0.3, 0.4) is 0 Å². The fourth-order valence-electron chi connectivity index (χ4n) is 1.91. The molecule has 0 heterocycles. The van der Waals surface area contributed by atoms with Gasteiger partial charge < -0.3 is 14.8 Å². The fraction of sp³-hybridized carbons (Fsp3) is 0.235. The minimum atomic E-state index is -0.455. The van der Waals surface area contributed by atoms with E-state index in [0.717, 1.165) is 4.90 Å². The molecule has 0 saturated heterocycles.